The fourth-order valence-corrected chi connectivity index (χ4v) is 3.01. The molecule has 2 amide bonds. The topological polar surface area (TPSA) is 67.4 Å². The van der Waals surface area contributed by atoms with Gasteiger partial charge in [0.2, 0.25) is 5.91 Å². The third kappa shape index (κ3) is 5.67. The molecule has 1 atom stereocenters. The van der Waals surface area contributed by atoms with Crippen molar-refractivity contribution < 1.29 is 14.3 Å². The lowest BCUT2D eigenvalue weighted by molar-refractivity contribution is -0.111. The average molecular weight is 385 g/mol. The lowest BCUT2D eigenvalue weighted by atomic mass is 10.1. The summed E-state index contributed by atoms with van der Waals surface area (Å²) in [5.74, 6) is -0.486. The first-order valence-electron chi connectivity index (χ1n) is 8.85. The van der Waals surface area contributed by atoms with E-state index in [1.54, 1.807) is 36.4 Å². The van der Waals surface area contributed by atoms with E-state index in [0.717, 1.165) is 25.0 Å². The number of ether oxygens (including phenoxy) is 1. The van der Waals surface area contributed by atoms with E-state index in [9.17, 15) is 9.59 Å². The van der Waals surface area contributed by atoms with Crippen molar-refractivity contribution in [1.82, 2.24) is 5.32 Å². The van der Waals surface area contributed by atoms with Crippen LogP contribution in [-0.4, -0.2) is 31.1 Å². The summed E-state index contributed by atoms with van der Waals surface area (Å²) >= 11 is 6.06. The molecule has 1 saturated heterocycles. The molecular weight excluding hydrogens is 364 g/mol. The van der Waals surface area contributed by atoms with Crippen LogP contribution < -0.4 is 10.6 Å². The molecule has 0 spiro atoms. The quantitative estimate of drug-likeness (QED) is 0.742. The highest BCUT2D eigenvalue weighted by Gasteiger charge is 2.16. The first kappa shape index (κ1) is 19.1. The van der Waals surface area contributed by atoms with Crippen LogP contribution >= 0.6 is 11.6 Å². The minimum Gasteiger partial charge on any atom is -0.376 e. The van der Waals surface area contributed by atoms with Gasteiger partial charge in [0.25, 0.3) is 5.91 Å². The molecule has 1 fully saturated rings. The minimum absolute atomic E-state index is 0.0896. The summed E-state index contributed by atoms with van der Waals surface area (Å²) in [6, 6.07) is 14.1. The molecule has 6 heteroatoms. The third-order valence-corrected chi connectivity index (χ3v) is 4.57. The number of carbonyl (C=O) groups is 2. The van der Waals surface area contributed by atoms with Crippen molar-refractivity contribution in [3.63, 3.8) is 0 Å². The Bertz CT molecular complexity index is 845. The number of rotatable bonds is 6. The van der Waals surface area contributed by atoms with Crippen LogP contribution in [0.2, 0.25) is 5.02 Å². The van der Waals surface area contributed by atoms with Crippen molar-refractivity contribution in [3.05, 3.63) is 70.8 Å². The van der Waals surface area contributed by atoms with Crippen molar-refractivity contribution in [2.75, 3.05) is 18.5 Å². The van der Waals surface area contributed by atoms with Crippen LogP contribution in [0, 0.1) is 0 Å². The highest BCUT2D eigenvalue weighted by Crippen LogP contribution is 2.17. The summed E-state index contributed by atoms with van der Waals surface area (Å²) in [6.07, 6.45) is 5.14. The Labute approximate surface area is 163 Å². The first-order chi connectivity index (χ1) is 13.1. The van der Waals surface area contributed by atoms with E-state index >= 15 is 0 Å². The molecule has 3 rings (SSSR count). The van der Waals surface area contributed by atoms with E-state index in [-0.39, 0.29) is 17.9 Å². The second kappa shape index (κ2) is 9.35. The fraction of sp³-hybridized carbons (Fsp3) is 0.238. The van der Waals surface area contributed by atoms with Crippen LogP contribution in [0.25, 0.3) is 6.08 Å². The molecule has 0 aliphatic carbocycles. The molecule has 1 aliphatic rings. The summed E-state index contributed by atoms with van der Waals surface area (Å²) in [7, 11) is 0. The Morgan fingerprint density at radius 3 is 2.81 bits per heavy atom. The van der Waals surface area contributed by atoms with Gasteiger partial charge >= 0.3 is 0 Å². The van der Waals surface area contributed by atoms with Crippen molar-refractivity contribution in [2.24, 2.45) is 0 Å². The number of halogens is 1. The predicted octanol–water partition coefficient (Wildman–Crippen LogP) is 3.90. The molecule has 2 N–H and O–H groups in total. The lowest BCUT2D eigenvalue weighted by Crippen LogP contribution is -2.31. The SMILES string of the molecule is O=C(/C=C/c1ccccc1Cl)Nc1cccc(C(=O)NCC2CCCO2)c1. The predicted molar refractivity (Wildman–Crippen MR) is 107 cm³/mol. The van der Waals surface area contributed by atoms with Crippen LogP contribution in [0.15, 0.2) is 54.6 Å². The Morgan fingerprint density at radius 2 is 2.04 bits per heavy atom. The van der Waals surface area contributed by atoms with Gasteiger partial charge in [0.15, 0.2) is 0 Å². The summed E-state index contributed by atoms with van der Waals surface area (Å²) in [5.41, 5.74) is 1.80. The number of hydrogen-bond donors (Lipinski definition) is 2. The molecule has 1 unspecified atom stereocenters. The summed E-state index contributed by atoms with van der Waals surface area (Å²) in [4.78, 5) is 24.4. The van der Waals surface area contributed by atoms with Gasteiger partial charge in [0, 0.05) is 35.5 Å². The summed E-state index contributed by atoms with van der Waals surface area (Å²) in [5, 5.41) is 6.20. The Hall–Kier alpha value is -2.63. The smallest absolute Gasteiger partial charge is 0.251 e. The summed E-state index contributed by atoms with van der Waals surface area (Å²) < 4.78 is 5.50. The first-order valence-corrected chi connectivity index (χ1v) is 9.23. The van der Waals surface area contributed by atoms with Crippen LogP contribution in [0.4, 0.5) is 5.69 Å². The van der Waals surface area contributed by atoms with E-state index in [0.29, 0.717) is 22.8 Å². The van der Waals surface area contributed by atoms with Crippen molar-refractivity contribution in [1.29, 1.82) is 0 Å². The van der Waals surface area contributed by atoms with Gasteiger partial charge in [-0.3, -0.25) is 9.59 Å². The van der Waals surface area contributed by atoms with Crippen LogP contribution in [-0.2, 0) is 9.53 Å². The van der Waals surface area contributed by atoms with Crippen LogP contribution in [0.1, 0.15) is 28.8 Å². The molecular formula is C21H21ClN2O3. The molecule has 5 nitrogen and oxygen atoms in total. The average Bonchev–Trinajstić information content (AvgIpc) is 3.19. The maximum Gasteiger partial charge on any atom is 0.251 e. The van der Waals surface area contributed by atoms with Gasteiger partial charge in [-0.15, -0.1) is 0 Å². The molecule has 2 aromatic carbocycles. The van der Waals surface area contributed by atoms with E-state index in [4.69, 9.17) is 16.3 Å². The zero-order chi connectivity index (χ0) is 19.1. The zero-order valence-electron chi connectivity index (χ0n) is 14.8. The van der Waals surface area contributed by atoms with Gasteiger partial charge in [0.05, 0.1) is 6.10 Å². The summed E-state index contributed by atoms with van der Waals surface area (Å²) in [6.45, 7) is 1.25. The molecule has 0 bridgehead atoms. The minimum atomic E-state index is -0.299. The normalized spacial score (nSPS) is 16.4. The fourth-order valence-electron chi connectivity index (χ4n) is 2.81. The van der Waals surface area contributed by atoms with Gasteiger partial charge in [-0.1, -0.05) is 35.9 Å². The van der Waals surface area contributed by atoms with Crippen molar-refractivity contribution in [3.8, 4) is 0 Å². The van der Waals surface area contributed by atoms with E-state index < -0.39 is 0 Å². The zero-order valence-corrected chi connectivity index (χ0v) is 15.5. The molecule has 2 aromatic rings. The van der Waals surface area contributed by atoms with Gasteiger partial charge in [-0.25, -0.2) is 0 Å². The van der Waals surface area contributed by atoms with Gasteiger partial charge in [-0.05, 0) is 48.7 Å². The van der Waals surface area contributed by atoms with E-state index in [2.05, 4.69) is 10.6 Å². The highest BCUT2D eigenvalue weighted by atomic mass is 35.5. The van der Waals surface area contributed by atoms with Gasteiger partial charge < -0.3 is 15.4 Å². The molecule has 27 heavy (non-hydrogen) atoms. The molecule has 0 saturated carbocycles. The van der Waals surface area contributed by atoms with Crippen LogP contribution in [0.5, 0.6) is 0 Å². The maximum absolute atomic E-state index is 12.3. The van der Waals surface area contributed by atoms with E-state index in [1.807, 2.05) is 18.2 Å². The second-order valence-electron chi connectivity index (χ2n) is 6.27. The van der Waals surface area contributed by atoms with Crippen molar-refractivity contribution in [2.45, 2.75) is 18.9 Å². The number of nitrogens with one attached hydrogen (secondary N) is 2. The molecule has 0 aromatic heterocycles. The van der Waals surface area contributed by atoms with Crippen molar-refractivity contribution >= 4 is 35.2 Å². The number of carbonyl (C=O) groups excluding carboxylic acids is 2. The van der Waals surface area contributed by atoms with Crippen LogP contribution in [0.3, 0.4) is 0 Å². The second-order valence-corrected chi connectivity index (χ2v) is 6.68. The largest absolute Gasteiger partial charge is 0.376 e. The molecule has 1 aliphatic heterocycles. The molecule has 0 radical (unpaired) electrons. The Morgan fingerprint density at radius 1 is 1.19 bits per heavy atom. The standard InChI is InChI=1S/C21H21ClN2O3/c22-19-9-2-1-5-15(19)10-11-20(25)24-17-7-3-6-16(13-17)21(26)23-14-18-8-4-12-27-18/h1-3,5-7,9-11,13,18H,4,8,12,14H2,(H,23,26)(H,24,25)/b11-10+. The maximum atomic E-state index is 12.3. The monoisotopic (exact) mass is 384 g/mol. The van der Waals surface area contributed by atoms with Gasteiger partial charge in [0.1, 0.15) is 0 Å². The number of amides is 2. The number of benzene rings is 2. The highest BCUT2D eigenvalue weighted by molar-refractivity contribution is 6.32. The lowest BCUT2D eigenvalue weighted by Gasteiger charge is -2.11. The van der Waals surface area contributed by atoms with Gasteiger partial charge in [-0.2, -0.15) is 0 Å². The molecule has 140 valence electrons. The number of anilines is 1. The number of hydrogen-bond acceptors (Lipinski definition) is 3. The van der Waals surface area contributed by atoms with E-state index in [1.165, 1.54) is 6.08 Å². The molecule has 1 heterocycles. The Kier molecular flexibility index (Phi) is 6.63. The Balaban J connectivity index is 1.57. The third-order valence-electron chi connectivity index (χ3n) is 4.23.